The standard InChI is InChI=1S/C26H23N3O5/c1-16-10-12-21(13-18(16)3)26(20-7-5-4-6-8-20)24(31)28(25(32)27-26)15-23(30)19-11-9-17(2)22(14-19)29(33)34/h4-14H,15H2,1-3H3,(H,27,32). The van der Waals surface area contributed by atoms with E-state index >= 15 is 0 Å². The Balaban J connectivity index is 1.74. The number of carbonyl (C=O) groups is 3. The first-order valence-electron chi connectivity index (χ1n) is 10.7. The van der Waals surface area contributed by atoms with E-state index in [1.54, 1.807) is 37.3 Å². The normalized spacial score (nSPS) is 17.6. The summed E-state index contributed by atoms with van der Waals surface area (Å²) in [4.78, 5) is 51.4. The van der Waals surface area contributed by atoms with E-state index in [2.05, 4.69) is 5.32 Å². The van der Waals surface area contributed by atoms with Crippen LogP contribution in [-0.2, 0) is 10.3 Å². The minimum atomic E-state index is -1.49. The van der Waals surface area contributed by atoms with Gasteiger partial charge in [-0.25, -0.2) is 4.79 Å². The fourth-order valence-corrected chi connectivity index (χ4v) is 4.15. The van der Waals surface area contributed by atoms with Gasteiger partial charge in [0.25, 0.3) is 11.6 Å². The van der Waals surface area contributed by atoms with E-state index < -0.39 is 34.7 Å². The Bertz CT molecular complexity index is 1340. The number of nitro benzene ring substituents is 1. The number of nitrogens with one attached hydrogen (secondary N) is 1. The minimum Gasteiger partial charge on any atom is -0.315 e. The zero-order chi connectivity index (χ0) is 24.6. The van der Waals surface area contributed by atoms with E-state index in [1.165, 1.54) is 18.2 Å². The van der Waals surface area contributed by atoms with Crippen molar-refractivity contribution in [2.45, 2.75) is 26.3 Å². The summed E-state index contributed by atoms with van der Waals surface area (Å²) in [7, 11) is 0. The molecular formula is C26H23N3O5. The molecule has 1 heterocycles. The molecule has 0 aliphatic carbocycles. The Morgan fingerprint density at radius 3 is 2.24 bits per heavy atom. The highest BCUT2D eigenvalue weighted by Gasteiger charge is 2.54. The number of imide groups is 1. The Morgan fingerprint density at radius 1 is 0.912 bits per heavy atom. The van der Waals surface area contributed by atoms with Crippen molar-refractivity contribution < 1.29 is 19.3 Å². The number of amides is 3. The molecule has 1 aliphatic rings. The zero-order valence-corrected chi connectivity index (χ0v) is 19.0. The molecule has 1 atom stereocenters. The first-order valence-corrected chi connectivity index (χ1v) is 10.7. The maximum atomic E-state index is 13.8. The summed E-state index contributed by atoms with van der Waals surface area (Å²) in [6.45, 7) is 4.91. The Hall–Kier alpha value is -4.33. The van der Waals surface area contributed by atoms with Crippen LogP contribution in [0.3, 0.4) is 0 Å². The lowest BCUT2D eigenvalue weighted by atomic mass is 9.81. The van der Waals surface area contributed by atoms with Gasteiger partial charge in [0.15, 0.2) is 11.3 Å². The van der Waals surface area contributed by atoms with Gasteiger partial charge in [-0.2, -0.15) is 0 Å². The van der Waals surface area contributed by atoms with Crippen LogP contribution < -0.4 is 5.32 Å². The molecule has 1 fully saturated rings. The van der Waals surface area contributed by atoms with E-state index in [4.69, 9.17) is 0 Å². The van der Waals surface area contributed by atoms with Gasteiger partial charge in [0.05, 0.1) is 11.5 Å². The second-order valence-corrected chi connectivity index (χ2v) is 8.42. The van der Waals surface area contributed by atoms with Crippen molar-refractivity contribution in [2.75, 3.05) is 6.54 Å². The molecule has 1 unspecified atom stereocenters. The van der Waals surface area contributed by atoms with Crippen molar-refractivity contribution in [3.8, 4) is 0 Å². The SMILES string of the molecule is Cc1ccc(C2(c3ccccc3)NC(=O)N(CC(=O)c3ccc(C)c([N+](=O)[O-])c3)C2=O)cc1C. The Labute approximate surface area is 196 Å². The van der Waals surface area contributed by atoms with Crippen molar-refractivity contribution >= 4 is 23.4 Å². The Morgan fingerprint density at radius 2 is 1.59 bits per heavy atom. The molecular weight excluding hydrogens is 434 g/mol. The van der Waals surface area contributed by atoms with Gasteiger partial charge < -0.3 is 5.32 Å². The quantitative estimate of drug-likeness (QED) is 0.258. The second kappa shape index (κ2) is 8.55. The van der Waals surface area contributed by atoms with E-state index in [0.29, 0.717) is 16.7 Å². The highest BCUT2D eigenvalue weighted by molar-refractivity contribution is 6.13. The molecule has 0 aromatic heterocycles. The third-order valence-corrected chi connectivity index (χ3v) is 6.28. The van der Waals surface area contributed by atoms with E-state index in [9.17, 15) is 24.5 Å². The molecule has 4 rings (SSSR count). The molecule has 0 spiro atoms. The van der Waals surface area contributed by atoms with Crippen LogP contribution in [0, 0.1) is 30.9 Å². The van der Waals surface area contributed by atoms with Crippen molar-refractivity contribution in [2.24, 2.45) is 0 Å². The van der Waals surface area contributed by atoms with Crippen LogP contribution in [0.4, 0.5) is 10.5 Å². The number of urea groups is 1. The number of hydrogen-bond donors (Lipinski definition) is 1. The van der Waals surface area contributed by atoms with Crippen LogP contribution >= 0.6 is 0 Å². The molecule has 0 bridgehead atoms. The van der Waals surface area contributed by atoms with Crippen LogP contribution in [-0.4, -0.2) is 34.1 Å². The lowest BCUT2D eigenvalue weighted by molar-refractivity contribution is -0.385. The topological polar surface area (TPSA) is 110 Å². The average molecular weight is 457 g/mol. The maximum absolute atomic E-state index is 13.8. The highest BCUT2D eigenvalue weighted by atomic mass is 16.6. The average Bonchev–Trinajstić information content (AvgIpc) is 3.07. The zero-order valence-electron chi connectivity index (χ0n) is 19.0. The number of carbonyl (C=O) groups excluding carboxylic acids is 3. The predicted octanol–water partition coefficient (Wildman–Crippen LogP) is 4.20. The third-order valence-electron chi connectivity index (χ3n) is 6.28. The number of ketones is 1. The van der Waals surface area contributed by atoms with Crippen molar-refractivity contribution in [3.63, 3.8) is 0 Å². The number of rotatable bonds is 6. The van der Waals surface area contributed by atoms with Crippen LogP contribution in [0.25, 0.3) is 0 Å². The molecule has 0 saturated carbocycles. The van der Waals surface area contributed by atoms with Crippen molar-refractivity contribution in [3.05, 3.63) is 110 Å². The molecule has 1 saturated heterocycles. The number of benzene rings is 3. The van der Waals surface area contributed by atoms with E-state index in [1.807, 2.05) is 32.0 Å². The minimum absolute atomic E-state index is 0.0568. The molecule has 34 heavy (non-hydrogen) atoms. The van der Waals surface area contributed by atoms with Crippen LogP contribution in [0.1, 0.15) is 38.2 Å². The van der Waals surface area contributed by atoms with Gasteiger partial charge in [-0.05, 0) is 43.0 Å². The fraction of sp³-hybridized carbons (Fsp3) is 0.192. The summed E-state index contributed by atoms with van der Waals surface area (Å²) >= 11 is 0. The first-order chi connectivity index (χ1) is 16.1. The molecule has 172 valence electrons. The van der Waals surface area contributed by atoms with Crippen LogP contribution in [0.2, 0.25) is 0 Å². The summed E-state index contributed by atoms with van der Waals surface area (Å²) < 4.78 is 0. The van der Waals surface area contributed by atoms with Gasteiger partial charge in [0, 0.05) is 17.2 Å². The molecule has 8 nitrogen and oxygen atoms in total. The molecule has 1 N–H and O–H groups in total. The van der Waals surface area contributed by atoms with Crippen LogP contribution in [0.5, 0.6) is 0 Å². The lowest BCUT2D eigenvalue weighted by Gasteiger charge is -2.28. The van der Waals surface area contributed by atoms with Gasteiger partial charge in [-0.3, -0.25) is 24.6 Å². The molecule has 1 aliphatic heterocycles. The highest BCUT2D eigenvalue weighted by Crippen LogP contribution is 2.37. The molecule has 3 aromatic rings. The Kier molecular flexibility index (Phi) is 5.75. The summed E-state index contributed by atoms with van der Waals surface area (Å²) in [5.74, 6) is -1.16. The summed E-state index contributed by atoms with van der Waals surface area (Å²) in [6, 6.07) is 17.8. The van der Waals surface area contributed by atoms with Crippen molar-refractivity contribution in [1.29, 1.82) is 0 Å². The second-order valence-electron chi connectivity index (χ2n) is 8.42. The lowest BCUT2D eigenvalue weighted by Crippen LogP contribution is -2.45. The number of Topliss-reactive ketones (excluding diaryl/α,β-unsaturated/α-hetero) is 1. The van der Waals surface area contributed by atoms with Gasteiger partial charge in [-0.15, -0.1) is 0 Å². The summed E-state index contributed by atoms with van der Waals surface area (Å²) in [6.07, 6.45) is 0. The van der Waals surface area contributed by atoms with Crippen LogP contribution in [0.15, 0.2) is 66.7 Å². The smallest absolute Gasteiger partial charge is 0.315 e. The maximum Gasteiger partial charge on any atom is 0.325 e. The summed E-state index contributed by atoms with van der Waals surface area (Å²) in [5.41, 5.74) is 1.93. The van der Waals surface area contributed by atoms with Gasteiger partial charge >= 0.3 is 6.03 Å². The molecule has 8 heteroatoms. The predicted molar refractivity (Wildman–Crippen MR) is 126 cm³/mol. The summed E-state index contributed by atoms with van der Waals surface area (Å²) in [5, 5.41) is 14.1. The van der Waals surface area contributed by atoms with E-state index in [0.717, 1.165) is 16.0 Å². The third kappa shape index (κ3) is 3.73. The number of nitro groups is 1. The van der Waals surface area contributed by atoms with Gasteiger partial charge in [-0.1, -0.05) is 60.7 Å². The fourth-order valence-electron chi connectivity index (χ4n) is 4.15. The van der Waals surface area contributed by atoms with Gasteiger partial charge in [0.2, 0.25) is 0 Å². The number of hydrogen-bond acceptors (Lipinski definition) is 5. The van der Waals surface area contributed by atoms with Gasteiger partial charge in [0.1, 0.15) is 0 Å². The molecule has 3 aromatic carbocycles. The molecule has 3 amide bonds. The number of aryl methyl sites for hydroxylation is 3. The monoisotopic (exact) mass is 457 g/mol. The largest absolute Gasteiger partial charge is 0.325 e. The number of nitrogens with zero attached hydrogens (tertiary/aromatic N) is 2. The first kappa shape index (κ1) is 22.8. The molecule has 0 radical (unpaired) electrons. The van der Waals surface area contributed by atoms with Crippen molar-refractivity contribution in [1.82, 2.24) is 10.2 Å². The van der Waals surface area contributed by atoms with E-state index in [-0.39, 0.29) is 11.3 Å².